The van der Waals surface area contributed by atoms with Crippen molar-refractivity contribution in [1.82, 2.24) is 19.6 Å². The Labute approximate surface area is 174 Å². The lowest BCUT2D eigenvalue weighted by molar-refractivity contribution is -0.117. The molecule has 152 valence electrons. The fourth-order valence-electron chi connectivity index (χ4n) is 4.16. The molecular formula is C23H23N5O2. The summed E-state index contributed by atoms with van der Waals surface area (Å²) in [7, 11) is 0. The molecule has 1 aliphatic carbocycles. The molecule has 7 nitrogen and oxygen atoms in total. The molecule has 2 aromatic carbocycles. The first-order valence-corrected chi connectivity index (χ1v) is 10.4. The second-order valence-corrected chi connectivity index (χ2v) is 7.82. The summed E-state index contributed by atoms with van der Waals surface area (Å²) in [4.78, 5) is 17.1. The highest BCUT2D eigenvalue weighted by Crippen LogP contribution is 2.29. The van der Waals surface area contributed by atoms with Crippen LogP contribution in [0.5, 0.6) is 11.6 Å². The maximum Gasteiger partial charge on any atom is 0.266 e. The second-order valence-electron chi connectivity index (χ2n) is 7.82. The number of nitrogens with one attached hydrogen (secondary N) is 1. The van der Waals surface area contributed by atoms with Gasteiger partial charge in [-0.05, 0) is 43.0 Å². The number of anilines is 1. The average molecular weight is 401 g/mol. The van der Waals surface area contributed by atoms with Crippen LogP contribution in [-0.4, -0.2) is 25.5 Å². The molecular weight excluding hydrogens is 378 g/mol. The van der Waals surface area contributed by atoms with Gasteiger partial charge in [-0.1, -0.05) is 37.5 Å². The number of hydrogen-bond donors (Lipinski definition) is 1. The van der Waals surface area contributed by atoms with E-state index in [1.165, 1.54) is 19.3 Å². The summed E-state index contributed by atoms with van der Waals surface area (Å²) < 4.78 is 7.90. The number of aromatic nitrogens is 4. The Balaban J connectivity index is 1.35. The van der Waals surface area contributed by atoms with Gasteiger partial charge in [0.05, 0.1) is 11.0 Å². The maximum absolute atomic E-state index is 12.5. The van der Waals surface area contributed by atoms with Gasteiger partial charge in [-0.2, -0.15) is 0 Å². The van der Waals surface area contributed by atoms with Crippen LogP contribution < -0.4 is 10.1 Å². The lowest BCUT2D eigenvalue weighted by Crippen LogP contribution is -2.18. The number of para-hydroxylation sites is 2. The smallest absolute Gasteiger partial charge is 0.266 e. The summed E-state index contributed by atoms with van der Waals surface area (Å²) in [6.45, 7) is 0. The second kappa shape index (κ2) is 8.10. The number of nitrogens with zero attached hydrogens (tertiary/aromatic N) is 4. The number of hydrogen-bond acceptors (Lipinski definition) is 5. The number of rotatable bonds is 5. The summed E-state index contributed by atoms with van der Waals surface area (Å²) in [6, 6.07) is 15.1. The number of amides is 1. The lowest BCUT2D eigenvalue weighted by atomic mass is 9.87. The van der Waals surface area contributed by atoms with E-state index in [0.29, 0.717) is 35.3 Å². The summed E-state index contributed by atoms with van der Waals surface area (Å²) in [5.74, 6) is 1.51. The van der Waals surface area contributed by atoms with Gasteiger partial charge in [0.15, 0.2) is 0 Å². The highest BCUT2D eigenvalue weighted by molar-refractivity contribution is 5.91. The first-order chi connectivity index (χ1) is 14.8. The molecule has 0 unspecified atom stereocenters. The zero-order valence-corrected chi connectivity index (χ0v) is 16.6. The average Bonchev–Trinajstić information content (AvgIpc) is 3.25. The number of ether oxygens (including phenoxy) is 1. The monoisotopic (exact) mass is 401 g/mol. The molecule has 30 heavy (non-hydrogen) atoms. The molecule has 4 aromatic rings. The Hall–Kier alpha value is -3.48. The van der Waals surface area contributed by atoms with Gasteiger partial charge in [-0.3, -0.25) is 9.20 Å². The third-order valence-electron chi connectivity index (χ3n) is 5.63. The van der Waals surface area contributed by atoms with Gasteiger partial charge in [0.25, 0.3) is 5.88 Å². The molecule has 7 heteroatoms. The molecule has 1 fully saturated rings. The topological polar surface area (TPSA) is 81.4 Å². The molecule has 1 saturated carbocycles. The quantitative estimate of drug-likeness (QED) is 0.510. The molecule has 0 saturated heterocycles. The van der Waals surface area contributed by atoms with Crippen LogP contribution in [0, 0.1) is 5.92 Å². The van der Waals surface area contributed by atoms with E-state index in [4.69, 9.17) is 4.74 Å². The fraction of sp³-hybridized carbons (Fsp3) is 0.304. The van der Waals surface area contributed by atoms with Crippen LogP contribution in [0.15, 0.2) is 54.9 Å². The molecule has 0 atom stereocenters. The highest BCUT2D eigenvalue weighted by Gasteiger charge is 2.17. The van der Waals surface area contributed by atoms with E-state index in [9.17, 15) is 4.79 Å². The Kier molecular flexibility index (Phi) is 5.01. The molecule has 1 amide bonds. The van der Waals surface area contributed by atoms with Crippen LogP contribution in [0.2, 0.25) is 0 Å². The van der Waals surface area contributed by atoms with E-state index >= 15 is 0 Å². The van der Waals surface area contributed by atoms with Crippen LogP contribution in [-0.2, 0) is 4.79 Å². The zero-order valence-electron chi connectivity index (χ0n) is 16.6. The number of carbonyl (C=O) groups is 1. The van der Waals surface area contributed by atoms with Crippen molar-refractivity contribution in [1.29, 1.82) is 0 Å². The van der Waals surface area contributed by atoms with Crippen molar-refractivity contribution in [3.63, 3.8) is 0 Å². The molecule has 2 aromatic heterocycles. The minimum Gasteiger partial charge on any atom is -0.436 e. The van der Waals surface area contributed by atoms with E-state index in [1.807, 2.05) is 52.9 Å². The summed E-state index contributed by atoms with van der Waals surface area (Å²) in [5.41, 5.74) is 2.96. The van der Waals surface area contributed by atoms with Gasteiger partial charge in [0.1, 0.15) is 12.1 Å². The van der Waals surface area contributed by atoms with Crippen molar-refractivity contribution in [2.75, 3.05) is 5.32 Å². The summed E-state index contributed by atoms with van der Waals surface area (Å²) in [6.07, 6.45) is 8.29. The minimum atomic E-state index is 0.0581. The predicted molar refractivity (Wildman–Crippen MR) is 115 cm³/mol. The SMILES string of the molecule is O=C(CC1CCCCC1)Nc1cccc(Oc2nc3ccccc3n3cnnc23)c1. The van der Waals surface area contributed by atoms with Crippen molar-refractivity contribution < 1.29 is 9.53 Å². The zero-order chi connectivity index (χ0) is 20.3. The molecule has 1 N–H and O–H groups in total. The number of carbonyl (C=O) groups excluding carboxylic acids is 1. The van der Waals surface area contributed by atoms with Crippen molar-refractivity contribution in [3.05, 3.63) is 54.9 Å². The Morgan fingerprint density at radius 2 is 1.97 bits per heavy atom. The van der Waals surface area contributed by atoms with Gasteiger partial charge in [0, 0.05) is 18.2 Å². The third-order valence-corrected chi connectivity index (χ3v) is 5.63. The van der Waals surface area contributed by atoms with Crippen LogP contribution in [0.4, 0.5) is 5.69 Å². The minimum absolute atomic E-state index is 0.0581. The Bertz CT molecular complexity index is 1200. The van der Waals surface area contributed by atoms with Crippen molar-refractivity contribution >= 4 is 28.3 Å². The maximum atomic E-state index is 12.5. The third kappa shape index (κ3) is 3.83. The van der Waals surface area contributed by atoms with E-state index in [-0.39, 0.29) is 5.91 Å². The van der Waals surface area contributed by atoms with E-state index in [0.717, 1.165) is 23.9 Å². The normalized spacial score (nSPS) is 14.8. The van der Waals surface area contributed by atoms with Crippen LogP contribution in [0.1, 0.15) is 38.5 Å². The van der Waals surface area contributed by atoms with Crippen molar-refractivity contribution in [2.45, 2.75) is 38.5 Å². The van der Waals surface area contributed by atoms with Crippen molar-refractivity contribution in [3.8, 4) is 11.6 Å². The molecule has 0 aliphatic heterocycles. The summed E-state index contributed by atoms with van der Waals surface area (Å²) in [5, 5.41) is 11.2. The molecule has 1 aliphatic rings. The standard InChI is InChI=1S/C23H23N5O2/c29-21(13-16-7-2-1-3-8-16)25-17-9-6-10-18(14-17)30-23-22-27-24-15-28(22)20-12-5-4-11-19(20)26-23/h4-6,9-12,14-16H,1-3,7-8,13H2,(H,25,29). The van der Waals surface area contributed by atoms with Gasteiger partial charge >= 0.3 is 0 Å². The predicted octanol–water partition coefficient (Wildman–Crippen LogP) is 4.98. The van der Waals surface area contributed by atoms with E-state index < -0.39 is 0 Å². The largest absolute Gasteiger partial charge is 0.436 e. The molecule has 0 bridgehead atoms. The van der Waals surface area contributed by atoms with Crippen molar-refractivity contribution in [2.24, 2.45) is 5.92 Å². The fourth-order valence-corrected chi connectivity index (χ4v) is 4.16. The summed E-state index contributed by atoms with van der Waals surface area (Å²) >= 11 is 0. The van der Waals surface area contributed by atoms with E-state index in [1.54, 1.807) is 6.33 Å². The molecule has 0 radical (unpaired) electrons. The lowest BCUT2D eigenvalue weighted by Gasteiger charge is -2.20. The van der Waals surface area contributed by atoms with Gasteiger partial charge in [-0.25, -0.2) is 4.98 Å². The van der Waals surface area contributed by atoms with Gasteiger partial charge in [0.2, 0.25) is 11.6 Å². The van der Waals surface area contributed by atoms with Crippen LogP contribution >= 0.6 is 0 Å². The van der Waals surface area contributed by atoms with Gasteiger partial charge < -0.3 is 10.1 Å². The van der Waals surface area contributed by atoms with E-state index in [2.05, 4.69) is 20.5 Å². The molecule has 0 spiro atoms. The Morgan fingerprint density at radius 3 is 2.87 bits per heavy atom. The number of fused-ring (bicyclic) bond motifs is 3. The first-order valence-electron chi connectivity index (χ1n) is 10.4. The van der Waals surface area contributed by atoms with Gasteiger partial charge in [-0.15, -0.1) is 10.2 Å². The van der Waals surface area contributed by atoms with Crippen LogP contribution in [0.25, 0.3) is 16.7 Å². The Morgan fingerprint density at radius 1 is 1.10 bits per heavy atom. The molecule has 2 heterocycles. The first kappa shape index (κ1) is 18.5. The van der Waals surface area contributed by atoms with Crippen LogP contribution in [0.3, 0.4) is 0 Å². The number of benzene rings is 2. The highest BCUT2D eigenvalue weighted by atomic mass is 16.5. The molecule has 5 rings (SSSR count).